The van der Waals surface area contributed by atoms with E-state index in [4.69, 9.17) is 23.2 Å². The lowest BCUT2D eigenvalue weighted by Crippen LogP contribution is -2.07. The molecule has 0 bridgehead atoms. The van der Waals surface area contributed by atoms with Gasteiger partial charge in [-0.2, -0.15) is 0 Å². The van der Waals surface area contributed by atoms with Crippen molar-refractivity contribution in [3.05, 3.63) is 44.8 Å². The van der Waals surface area contributed by atoms with Crippen molar-refractivity contribution < 1.29 is 9.90 Å². The van der Waals surface area contributed by atoms with Crippen molar-refractivity contribution in [1.82, 2.24) is 4.98 Å². The third kappa shape index (κ3) is 3.70. The van der Waals surface area contributed by atoms with Gasteiger partial charge in [0.1, 0.15) is 0 Å². The van der Waals surface area contributed by atoms with E-state index >= 15 is 0 Å². The van der Waals surface area contributed by atoms with Crippen LogP contribution >= 0.6 is 34.5 Å². The SMILES string of the molecule is O=C(/C=C/c1cncs1)Nc1cc(Cl)cc(Cl)c1O. The van der Waals surface area contributed by atoms with Crippen LogP contribution in [0.5, 0.6) is 5.75 Å². The number of nitrogens with one attached hydrogen (secondary N) is 1. The third-order valence-corrected chi connectivity index (χ3v) is 3.38. The monoisotopic (exact) mass is 314 g/mol. The molecule has 1 amide bonds. The average molecular weight is 315 g/mol. The Morgan fingerprint density at radius 3 is 2.89 bits per heavy atom. The normalized spacial score (nSPS) is 10.8. The molecule has 1 heterocycles. The van der Waals surface area contributed by atoms with Crippen molar-refractivity contribution in [2.45, 2.75) is 0 Å². The number of carbonyl (C=O) groups excluding carboxylic acids is 1. The van der Waals surface area contributed by atoms with E-state index in [1.54, 1.807) is 17.8 Å². The van der Waals surface area contributed by atoms with E-state index in [2.05, 4.69) is 10.3 Å². The van der Waals surface area contributed by atoms with Crippen molar-refractivity contribution in [2.24, 2.45) is 0 Å². The summed E-state index contributed by atoms with van der Waals surface area (Å²) in [4.78, 5) is 16.4. The van der Waals surface area contributed by atoms with Gasteiger partial charge in [0.15, 0.2) is 5.75 Å². The molecule has 0 atom stereocenters. The predicted molar refractivity (Wildman–Crippen MR) is 77.9 cm³/mol. The molecule has 4 nitrogen and oxygen atoms in total. The Morgan fingerprint density at radius 1 is 1.42 bits per heavy atom. The third-order valence-electron chi connectivity index (χ3n) is 2.14. The number of hydrogen-bond donors (Lipinski definition) is 2. The van der Waals surface area contributed by atoms with Crippen LogP contribution in [0.2, 0.25) is 10.0 Å². The lowest BCUT2D eigenvalue weighted by atomic mass is 10.3. The number of rotatable bonds is 3. The van der Waals surface area contributed by atoms with Gasteiger partial charge in [0.05, 0.1) is 16.2 Å². The first-order chi connectivity index (χ1) is 9.06. The Kier molecular flexibility index (Phi) is 4.42. The van der Waals surface area contributed by atoms with Crippen molar-refractivity contribution in [1.29, 1.82) is 0 Å². The van der Waals surface area contributed by atoms with E-state index in [1.165, 1.54) is 29.5 Å². The summed E-state index contributed by atoms with van der Waals surface area (Å²) in [6.45, 7) is 0. The molecule has 2 aromatic rings. The fourth-order valence-corrected chi connectivity index (χ4v) is 2.31. The fraction of sp³-hybridized carbons (Fsp3) is 0. The molecule has 0 saturated carbocycles. The Labute approximate surface area is 123 Å². The van der Waals surface area contributed by atoms with Gasteiger partial charge in [-0.3, -0.25) is 9.78 Å². The molecule has 7 heteroatoms. The van der Waals surface area contributed by atoms with E-state index in [-0.39, 0.29) is 16.5 Å². The van der Waals surface area contributed by atoms with Crippen LogP contribution in [0.15, 0.2) is 29.9 Å². The zero-order valence-electron chi connectivity index (χ0n) is 9.43. The van der Waals surface area contributed by atoms with Crippen molar-refractivity contribution in [2.75, 3.05) is 5.32 Å². The number of phenolic OH excluding ortho intramolecular Hbond substituents is 1. The van der Waals surface area contributed by atoms with Crippen LogP contribution in [0.4, 0.5) is 5.69 Å². The van der Waals surface area contributed by atoms with Gasteiger partial charge in [0.2, 0.25) is 5.91 Å². The maximum Gasteiger partial charge on any atom is 0.248 e. The standard InChI is InChI=1S/C12H8Cl2N2O2S/c13-7-3-9(14)12(18)10(4-7)16-11(17)2-1-8-5-15-6-19-8/h1-6,18H,(H,16,17)/b2-1+. The second-order valence-electron chi connectivity index (χ2n) is 3.51. The van der Waals surface area contributed by atoms with Gasteiger partial charge in [-0.05, 0) is 18.2 Å². The molecule has 2 rings (SSSR count). The van der Waals surface area contributed by atoms with Crippen LogP contribution in [-0.4, -0.2) is 16.0 Å². The molecule has 0 fully saturated rings. The summed E-state index contributed by atoms with van der Waals surface area (Å²) in [5, 5.41) is 12.6. The summed E-state index contributed by atoms with van der Waals surface area (Å²) in [6.07, 6.45) is 4.60. The summed E-state index contributed by atoms with van der Waals surface area (Å²) in [7, 11) is 0. The zero-order valence-corrected chi connectivity index (χ0v) is 11.8. The lowest BCUT2D eigenvalue weighted by Gasteiger charge is -2.07. The molecule has 0 unspecified atom stereocenters. The van der Waals surface area contributed by atoms with Gasteiger partial charge >= 0.3 is 0 Å². The molecular formula is C12H8Cl2N2O2S. The number of benzene rings is 1. The van der Waals surface area contributed by atoms with E-state index in [0.717, 1.165) is 4.88 Å². The summed E-state index contributed by atoms with van der Waals surface area (Å²) < 4.78 is 0. The van der Waals surface area contributed by atoms with Gasteiger partial charge in [0.25, 0.3) is 0 Å². The van der Waals surface area contributed by atoms with Gasteiger partial charge in [0, 0.05) is 22.2 Å². The van der Waals surface area contributed by atoms with E-state index in [0.29, 0.717) is 5.02 Å². The number of thiazole rings is 1. The quantitative estimate of drug-likeness (QED) is 0.669. The highest BCUT2D eigenvalue weighted by Gasteiger charge is 2.09. The van der Waals surface area contributed by atoms with Gasteiger partial charge in [-0.1, -0.05) is 23.2 Å². The minimum absolute atomic E-state index is 0.0780. The van der Waals surface area contributed by atoms with Crippen LogP contribution in [0.25, 0.3) is 6.08 Å². The summed E-state index contributed by atoms with van der Waals surface area (Å²) in [6, 6.07) is 2.81. The summed E-state index contributed by atoms with van der Waals surface area (Å²) >= 11 is 13.0. The molecule has 0 saturated heterocycles. The van der Waals surface area contributed by atoms with Crippen molar-refractivity contribution in [3.8, 4) is 5.75 Å². The molecule has 0 radical (unpaired) electrons. The molecule has 1 aromatic carbocycles. The zero-order chi connectivity index (χ0) is 13.8. The number of carbonyl (C=O) groups is 1. The number of amides is 1. The van der Waals surface area contributed by atoms with E-state index in [9.17, 15) is 9.90 Å². The number of nitrogens with zero attached hydrogens (tertiary/aromatic N) is 1. The highest BCUT2D eigenvalue weighted by atomic mass is 35.5. The van der Waals surface area contributed by atoms with E-state index < -0.39 is 5.91 Å². The second-order valence-corrected chi connectivity index (χ2v) is 5.27. The Hall–Kier alpha value is -1.56. The Balaban J connectivity index is 2.11. The van der Waals surface area contributed by atoms with E-state index in [1.807, 2.05) is 0 Å². The number of aromatic nitrogens is 1. The minimum Gasteiger partial charge on any atom is -0.504 e. The van der Waals surface area contributed by atoms with Crippen molar-refractivity contribution in [3.63, 3.8) is 0 Å². The highest BCUT2D eigenvalue weighted by molar-refractivity contribution is 7.10. The lowest BCUT2D eigenvalue weighted by molar-refractivity contribution is -0.111. The molecule has 1 aromatic heterocycles. The summed E-state index contributed by atoms with van der Waals surface area (Å²) in [5.41, 5.74) is 1.83. The van der Waals surface area contributed by atoms with Crippen LogP contribution in [0.3, 0.4) is 0 Å². The predicted octanol–water partition coefficient (Wildman–Crippen LogP) is 3.81. The fourth-order valence-electron chi connectivity index (χ4n) is 1.30. The van der Waals surface area contributed by atoms with Gasteiger partial charge in [-0.15, -0.1) is 11.3 Å². The minimum atomic E-state index is -0.401. The van der Waals surface area contributed by atoms with Crippen LogP contribution < -0.4 is 5.32 Å². The van der Waals surface area contributed by atoms with Gasteiger partial charge in [-0.25, -0.2) is 0 Å². The highest BCUT2D eigenvalue weighted by Crippen LogP contribution is 2.34. The average Bonchev–Trinajstić information content (AvgIpc) is 2.86. The Morgan fingerprint density at radius 2 is 2.21 bits per heavy atom. The van der Waals surface area contributed by atoms with Crippen LogP contribution in [-0.2, 0) is 4.79 Å². The summed E-state index contributed by atoms with van der Waals surface area (Å²) in [5.74, 6) is -0.618. The first kappa shape index (κ1) is 13.9. The molecule has 98 valence electrons. The van der Waals surface area contributed by atoms with Gasteiger partial charge < -0.3 is 10.4 Å². The van der Waals surface area contributed by atoms with Crippen molar-refractivity contribution >= 4 is 52.2 Å². The largest absolute Gasteiger partial charge is 0.504 e. The number of phenols is 1. The number of halogens is 2. The van der Waals surface area contributed by atoms with Crippen LogP contribution in [0, 0.1) is 0 Å². The number of hydrogen-bond acceptors (Lipinski definition) is 4. The molecule has 0 spiro atoms. The molecule has 2 N–H and O–H groups in total. The second kappa shape index (κ2) is 6.06. The molecule has 0 aliphatic rings. The molecule has 19 heavy (non-hydrogen) atoms. The maximum atomic E-state index is 11.7. The Bertz CT molecular complexity index is 627. The molecule has 0 aliphatic heterocycles. The first-order valence-corrected chi connectivity index (χ1v) is 6.75. The van der Waals surface area contributed by atoms with Crippen LogP contribution in [0.1, 0.15) is 4.88 Å². The maximum absolute atomic E-state index is 11.7. The molecular weight excluding hydrogens is 307 g/mol. The molecule has 0 aliphatic carbocycles. The number of aromatic hydroxyl groups is 1. The smallest absolute Gasteiger partial charge is 0.248 e. The first-order valence-electron chi connectivity index (χ1n) is 5.12. The topological polar surface area (TPSA) is 62.2 Å². The number of anilines is 1.